The highest BCUT2D eigenvalue weighted by Crippen LogP contribution is 2.51. The van der Waals surface area contributed by atoms with Crippen LogP contribution in [0.4, 0.5) is 11.4 Å². The van der Waals surface area contributed by atoms with E-state index in [0.717, 1.165) is 11.4 Å². The third kappa shape index (κ3) is 3.52. The normalized spacial score (nSPS) is 22.4. The summed E-state index contributed by atoms with van der Waals surface area (Å²) in [6.45, 7) is 5.90. The van der Waals surface area contributed by atoms with E-state index in [1.165, 1.54) is 0 Å². The first-order chi connectivity index (χ1) is 14.2. The van der Waals surface area contributed by atoms with Crippen molar-refractivity contribution in [3.8, 4) is 0 Å². The van der Waals surface area contributed by atoms with Gasteiger partial charge in [-0.15, -0.1) is 0 Å². The third-order valence-electron chi connectivity index (χ3n) is 5.76. The summed E-state index contributed by atoms with van der Waals surface area (Å²) in [5.74, 6) is -0.616. The first-order valence-corrected chi connectivity index (χ1v) is 10.9. The van der Waals surface area contributed by atoms with Crippen LogP contribution in [0, 0.1) is 11.3 Å². The Morgan fingerprint density at radius 2 is 1.80 bits per heavy atom. The van der Waals surface area contributed by atoms with E-state index < -0.39 is 12.0 Å². The Morgan fingerprint density at radius 3 is 2.47 bits per heavy atom. The van der Waals surface area contributed by atoms with Crippen molar-refractivity contribution >= 4 is 46.3 Å². The SMILES string of the molecule is CCC(=O)N1c2ccccc2NC2=CC(C)(C)CC(=O)C2C1c1c(Cl)cccc1Cl. The van der Waals surface area contributed by atoms with E-state index in [2.05, 4.69) is 11.4 Å². The van der Waals surface area contributed by atoms with E-state index in [1.54, 1.807) is 23.1 Å². The summed E-state index contributed by atoms with van der Waals surface area (Å²) in [4.78, 5) is 28.5. The molecule has 4 rings (SSSR count). The van der Waals surface area contributed by atoms with Crippen molar-refractivity contribution in [2.45, 2.75) is 39.7 Å². The number of benzene rings is 2. The van der Waals surface area contributed by atoms with Crippen LogP contribution in [-0.4, -0.2) is 11.7 Å². The maximum Gasteiger partial charge on any atom is 0.227 e. The number of nitrogens with zero attached hydrogens (tertiary/aromatic N) is 1. The smallest absolute Gasteiger partial charge is 0.227 e. The largest absolute Gasteiger partial charge is 0.357 e. The van der Waals surface area contributed by atoms with Gasteiger partial charge >= 0.3 is 0 Å². The first-order valence-electron chi connectivity index (χ1n) is 10.1. The van der Waals surface area contributed by atoms with Gasteiger partial charge in [-0.3, -0.25) is 9.59 Å². The molecule has 4 nitrogen and oxygen atoms in total. The molecule has 156 valence electrons. The van der Waals surface area contributed by atoms with Gasteiger partial charge in [0.2, 0.25) is 5.91 Å². The molecule has 0 saturated carbocycles. The molecule has 1 amide bonds. The van der Waals surface area contributed by atoms with E-state index in [0.29, 0.717) is 34.1 Å². The van der Waals surface area contributed by atoms with Gasteiger partial charge in [-0.05, 0) is 29.7 Å². The summed E-state index contributed by atoms with van der Waals surface area (Å²) in [7, 11) is 0. The number of fused-ring (bicyclic) bond motifs is 2. The summed E-state index contributed by atoms with van der Waals surface area (Å²) >= 11 is 13.2. The monoisotopic (exact) mass is 442 g/mol. The molecule has 1 aliphatic heterocycles. The standard InChI is InChI=1S/C24H24Cl2N2O2/c1-4-20(30)28-18-11-6-5-10-16(18)27-17-12-24(2,3)13-19(29)22(17)23(28)21-14(25)8-7-9-15(21)26/h5-12,22-23,27H,4,13H2,1-3H3. The lowest BCUT2D eigenvalue weighted by Crippen LogP contribution is -2.43. The van der Waals surface area contributed by atoms with Gasteiger partial charge in [0, 0.05) is 34.1 Å². The maximum atomic E-state index is 13.5. The van der Waals surface area contributed by atoms with Gasteiger partial charge in [-0.25, -0.2) is 0 Å². The third-order valence-corrected chi connectivity index (χ3v) is 6.42. The number of allylic oxidation sites excluding steroid dienone is 1. The predicted octanol–water partition coefficient (Wildman–Crippen LogP) is 6.40. The second-order valence-electron chi connectivity index (χ2n) is 8.55. The highest BCUT2D eigenvalue weighted by molar-refractivity contribution is 6.36. The van der Waals surface area contributed by atoms with E-state index in [4.69, 9.17) is 23.2 Å². The lowest BCUT2D eigenvalue weighted by Gasteiger charge is -2.39. The topological polar surface area (TPSA) is 49.4 Å². The van der Waals surface area contributed by atoms with Crippen molar-refractivity contribution in [1.29, 1.82) is 0 Å². The molecular formula is C24H24Cl2N2O2. The number of carbonyl (C=O) groups excluding carboxylic acids is 2. The van der Waals surface area contributed by atoms with Crippen molar-refractivity contribution in [2.24, 2.45) is 11.3 Å². The Hall–Kier alpha value is -2.30. The highest BCUT2D eigenvalue weighted by atomic mass is 35.5. The van der Waals surface area contributed by atoms with Crippen LogP contribution in [0.25, 0.3) is 0 Å². The number of halogens is 2. The van der Waals surface area contributed by atoms with Gasteiger partial charge in [-0.1, -0.05) is 68.2 Å². The molecule has 2 aromatic carbocycles. The predicted molar refractivity (Wildman–Crippen MR) is 122 cm³/mol. The number of para-hydroxylation sites is 2. The first kappa shape index (κ1) is 21.0. The van der Waals surface area contributed by atoms with Gasteiger partial charge in [0.25, 0.3) is 0 Å². The molecule has 2 unspecified atom stereocenters. The van der Waals surface area contributed by atoms with E-state index >= 15 is 0 Å². The second kappa shape index (κ2) is 7.75. The van der Waals surface area contributed by atoms with Crippen molar-refractivity contribution in [3.63, 3.8) is 0 Å². The number of ketones is 1. The van der Waals surface area contributed by atoms with Crippen molar-refractivity contribution in [2.75, 3.05) is 10.2 Å². The van der Waals surface area contributed by atoms with Crippen LogP contribution < -0.4 is 10.2 Å². The molecule has 0 bridgehead atoms. The number of anilines is 2. The second-order valence-corrected chi connectivity index (χ2v) is 9.36. The zero-order valence-corrected chi connectivity index (χ0v) is 18.7. The molecule has 6 heteroatoms. The summed E-state index contributed by atoms with van der Waals surface area (Å²) in [5.41, 5.74) is 2.60. The van der Waals surface area contributed by atoms with Gasteiger partial charge < -0.3 is 10.2 Å². The number of Topliss-reactive ketones (excluding diaryl/α,β-unsaturated/α-hetero) is 1. The van der Waals surface area contributed by atoms with E-state index in [9.17, 15) is 9.59 Å². The fourth-order valence-corrected chi connectivity index (χ4v) is 5.17. The van der Waals surface area contributed by atoms with E-state index in [1.807, 2.05) is 45.0 Å². The molecule has 0 fully saturated rings. The molecule has 1 aliphatic carbocycles. The molecular weight excluding hydrogens is 419 g/mol. The number of rotatable bonds is 2. The average molecular weight is 443 g/mol. The highest BCUT2D eigenvalue weighted by Gasteiger charge is 2.47. The Morgan fingerprint density at radius 1 is 1.13 bits per heavy atom. The lowest BCUT2D eigenvalue weighted by molar-refractivity contribution is -0.125. The fourth-order valence-electron chi connectivity index (χ4n) is 4.55. The average Bonchev–Trinajstić information content (AvgIpc) is 2.80. The minimum absolute atomic E-state index is 0.0627. The number of hydrogen-bond donors (Lipinski definition) is 1. The number of nitrogens with one attached hydrogen (secondary N) is 1. The number of hydrogen-bond acceptors (Lipinski definition) is 3. The summed E-state index contributed by atoms with van der Waals surface area (Å²) in [6, 6.07) is 12.2. The molecule has 0 saturated heterocycles. The van der Waals surface area contributed by atoms with E-state index in [-0.39, 0.29) is 17.1 Å². The molecule has 2 aliphatic rings. The van der Waals surface area contributed by atoms with Crippen molar-refractivity contribution in [1.82, 2.24) is 0 Å². The molecule has 2 atom stereocenters. The Labute approximate surface area is 186 Å². The maximum absolute atomic E-state index is 13.5. The van der Waals surface area contributed by atoms with Gasteiger partial charge in [0.05, 0.1) is 23.3 Å². The van der Waals surface area contributed by atoms with Gasteiger partial charge in [-0.2, -0.15) is 0 Å². The zero-order chi connectivity index (χ0) is 21.6. The number of amides is 1. The van der Waals surface area contributed by atoms with Crippen molar-refractivity contribution in [3.05, 3.63) is 69.8 Å². The summed E-state index contributed by atoms with van der Waals surface area (Å²) in [5, 5.41) is 4.34. The summed E-state index contributed by atoms with van der Waals surface area (Å²) < 4.78 is 0. The molecule has 1 heterocycles. The Kier molecular flexibility index (Phi) is 5.41. The quantitative estimate of drug-likeness (QED) is 0.584. The van der Waals surface area contributed by atoms with Crippen LogP contribution in [-0.2, 0) is 9.59 Å². The Bertz CT molecular complexity index is 1040. The Balaban J connectivity index is 2.06. The lowest BCUT2D eigenvalue weighted by atomic mass is 9.72. The van der Waals surface area contributed by atoms with Crippen LogP contribution in [0.3, 0.4) is 0 Å². The summed E-state index contributed by atoms with van der Waals surface area (Å²) in [6.07, 6.45) is 2.78. The van der Waals surface area contributed by atoms with Crippen molar-refractivity contribution < 1.29 is 9.59 Å². The molecule has 0 aromatic heterocycles. The van der Waals surface area contributed by atoms with Crippen LogP contribution >= 0.6 is 23.2 Å². The molecule has 2 aromatic rings. The number of carbonyl (C=O) groups is 2. The zero-order valence-electron chi connectivity index (χ0n) is 17.2. The van der Waals surface area contributed by atoms with Gasteiger partial charge in [0.1, 0.15) is 5.78 Å². The molecule has 0 spiro atoms. The fraction of sp³-hybridized carbons (Fsp3) is 0.333. The van der Waals surface area contributed by atoms with Gasteiger partial charge in [0.15, 0.2) is 0 Å². The molecule has 1 N–H and O–H groups in total. The van der Waals surface area contributed by atoms with Crippen LogP contribution in [0.5, 0.6) is 0 Å². The van der Waals surface area contributed by atoms with Crippen LogP contribution in [0.15, 0.2) is 54.2 Å². The minimum atomic E-state index is -0.635. The van der Waals surface area contributed by atoms with Crippen LogP contribution in [0.2, 0.25) is 10.0 Å². The molecule has 0 radical (unpaired) electrons. The molecule has 30 heavy (non-hydrogen) atoms. The minimum Gasteiger partial charge on any atom is -0.357 e. The van der Waals surface area contributed by atoms with Crippen LogP contribution in [0.1, 0.15) is 45.2 Å².